The summed E-state index contributed by atoms with van der Waals surface area (Å²) in [6.45, 7) is 5.46. The molecule has 0 bridgehead atoms. The van der Waals surface area contributed by atoms with Crippen LogP contribution in [0.15, 0.2) is 48.5 Å². The molecule has 0 spiro atoms. The summed E-state index contributed by atoms with van der Waals surface area (Å²) in [5.74, 6) is -0.464. The van der Waals surface area contributed by atoms with E-state index in [0.29, 0.717) is 17.1 Å². The van der Waals surface area contributed by atoms with E-state index in [0.717, 1.165) is 17.7 Å². The van der Waals surface area contributed by atoms with Gasteiger partial charge in [0.15, 0.2) is 11.6 Å². The Kier molecular flexibility index (Phi) is 5.84. The topological polar surface area (TPSA) is 76.1 Å². The zero-order valence-corrected chi connectivity index (χ0v) is 15.9. The molecule has 0 unspecified atom stereocenters. The van der Waals surface area contributed by atoms with Crippen LogP contribution in [0.3, 0.4) is 0 Å². The van der Waals surface area contributed by atoms with Crippen LogP contribution in [-0.2, 0) is 6.42 Å². The number of para-hydroxylation sites is 2. The van der Waals surface area contributed by atoms with E-state index in [1.54, 1.807) is 26.0 Å². The van der Waals surface area contributed by atoms with E-state index in [1.807, 2.05) is 31.2 Å². The van der Waals surface area contributed by atoms with Gasteiger partial charge in [-0.05, 0) is 44.0 Å². The lowest BCUT2D eigenvalue weighted by Gasteiger charge is -2.14. The molecule has 0 aliphatic rings. The normalized spacial score (nSPS) is 10.4. The Hall–Kier alpha value is -3.48. The Bertz CT molecular complexity index is 984. The highest BCUT2D eigenvalue weighted by atomic mass is 19.1. The van der Waals surface area contributed by atoms with Crippen molar-refractivity contribution in [2.75, 3.05) is 10.6 Å². The number of hydrogen-bond donors (Lipinski definition) is 2. The first-order valence-corrected chi connectivity index (χ1v) is 8.91. The first-order valence-electron chi connectivity index (χ1n) is 8.91. The summed E-state index contributed by atoms with van der Waals surface area (Å²) in [4.78, 5) is 20.9. The Morgan fingerprint density at radius 2 is 1.64 bits per heavy atom. The zero-order chi connectivity index (χ0) is 20.1. The average Bonchev–Trinajstić information content (AvgIpc) is 2.67. The lowest BCUT2D eigenvalue weighted by atomic mass is 10.1. The summed E-state index contributed by atoms with van der Waals surface area (Å²) in [6, 6.07) is 13.2. The van der Waals surface area contributed by atoms with Gasteiger partial charge in [-0.3, -0.25) is 0 Å². The van der Waals surface area contributed by atoms with Gasteiger partial charge in [-0.2, -0.15) is 9.97 Å². The maximum atomic E-state index is 13.8. The molecule has 28 heavy (non-hydrogen) atoms. The highest BCUT2D eigenvalue weighted by Crippen LogP contribution is 2.25. The van der Waals surface area contributed by atoms with Crippen molar-refractivity contribution in [3.05, 3.63) is 71.3 Å². The fraction of sp³-hybridized carbons (Fsp3) is 0.190. The van der Waals surface area contributed by atoms with Crippen LogP contribution in [0.1, 0.15) is 23.9 Å². The van der Waals surface area contributed by atoms with E-state index in [-0.39, 0.29) is 11.8 Å². The quantitative estimate of drug-likeness (QED) is 0.635. The summed E-state index contributed by atoms with van der Waals surface area (Å²) < 4.78 is 19.2. The average molecular weight is 380 g/mol. The molecule has 6 nitrogen and oxygen atoms in total. The Labute approximate surface area is 162 Å². The van der Waals surface area contributed by atoms with Crippen LogP contribution in [0.4, 0.5) is 20.6 Å². The lowest BCUT2D eigenvalue weighted by molar-refractivity contribution is 0.262. The van der Waals surface area contributed by atoms with Crippen molar-refractivity contribution in [2.45, 2.75) is 27.2 Å². The number of hydrogen-bond acceptors (Lipinski definition) is 4. The summed E-state index contributed by atoms with van der Waals surface area (Å²) in [5.41, 5.74) is 3.29. The molecule has 0 aliphatic heterocycles. The number of rotatable bonds is 5. The van der Waals surface area contributed by atoms with Crippen molar-refractivity contribution >= 4 is 17.4 Å². The predicted octanol–water partition coefficient (Wildman–Crippen LogP) is 5.23. The molecule has 1 heterocycles. The number of amides is 2. The highest BCUT2D eigenvalue weighted by Gasteiger charge is 2.14. The molecular formula is C21H21FN4O2. The van der Waals surface area contributed by atoms with E-state index >= 15 is 0 Å². The molecule has 2 aromatic carbocycles. The van der Waals surface area contributed by atoms with E-state index in [1.165, 1.54) is 12.1 Å². The molecule has 144 valence electrons. The van der Waals surface area contributed by atoms with Gasteiger partial charge in [-0.15, -0.1) is 0 Å². The number of carbonyl (C=O) groups is 1. The molecule has 0 radical (unpaired) electrons. The van der Waals surface area contributed by atoms with Crippen molar-refractivity contribution in [1.82, 2.24) is 9.97 Å². The van der Waals surface area contributed by atoms with Crippen LogP contribution in [0.25, 0.3) is 0 Å². The smallest absolute Gasteiger partial charge is 0.323 e. The van der Waals surface area contributed by atoms with Gasteiger partial charge in [0.25, 0.3) is 0 Å². The number of nitrogens with one attached hydrogen (secondary N) is 2. The van der Waals surface area contributed by atoms with Gasteiger partial charge < -0.3 is 15.4 Å². The lowest BCUT2D eigenvalue weighted by Crippen LogP contribution is -2.22. The number of carbonyl (C=O) groups excluding carboxylic acids is 1. The summed E-state index contributed by atoms with van der Waals surface area (Å²) in [7, 11) is 0. The molecule has 3 aromatic rings. The van der Waals surface area contributed by atoms with Crippen LogP contribution in [0.2, 0.25) is 0 Å². The van der Waals surface area contributed by atoms with Crippen molar-refractivity contribution in [1.29, 1.82) is 0 Å². The minimum atomic E-state index is -0.502. The first-order chi connectivity index (χ1) is 13.5. The van der Waals surface area contributed by atoms with Crippen molar-refractivity contribution in [3.63, 3.8) is 0 Å². The Morgan fingerprint density at radius 1 is 1.00 bits per heavy atom. The standard InChI is InChI=1S/C21H21FN4O2/c1-4-15-9-5-7-11-17(15)25-20(27)26-19-13(2)23-21(24-14(19)3)28-18-12-8-6-10-16(18)22/h5-12H,4H2,1-3H3,(H2,25,26,27). The minimum absolute atomic E-state index is 0.0161. The Morgan fingerprint density at radius 3 is 2.32 bits per heavy atom. The molecule has 1 aromatic heterocycles. The number of ether oxygens (including phenoxy) is 1. The molecule has 0 fully saturated rings. The largest absolute Gasteiger partial charge is 0.421 e. The SMILES string of the molecule is CCc1ccccc1NC(=O)Nc1c(C)nc(Oc2ccccc2F)nc1C. The number of urea groups is 1. The molecule has 2 N–H and O–H groups in total. The summed E-state index contributed by atoms with van der Waals surface area (Å²) in [5, 5.41) is 5.62. The van der Waals surface area contributed by atoms with Gasteiger partial charge in [0.1, 0.15) is 0 Å². The molecule has 2 amide bonds. The van der Waals surface area contributed by atoms with Crippen LogP contribution in [0, 0.1) is 19.7 Å². The number of anilines is 2. The molecule has 0 saturated carbocycles. The second kappa shape index (κ2) is 8.47. The Balaban J connectivity index is 1.76. The predicted molar refractivity (Wildman–Crippen MR) is 106 cm³/mol. The fourth-order valence-electron chi connectivity index (χ4n) is 2.76. The van der Waals surface area contributed by atoms with Gasteiger partial charge in [-0.1, -0.05) is 37.3 Å². The van der Waals surface area contributed by atoms with Crippen LogP contribution in [0.5, 0.6) is 11.8 Å². The van der Waals surface area contributed by atoms with Gasteiger partial charge in [0.2, 0.25) is 0 Å². The number of aryl methyl sites for hydroxylation is 3. The molecule has 0 saturated heterocycles. The minimum Gasteiger partial charge on any atom is -0.421 e. The summed E-state index contributed by atoms with van der Waals surface area (Å²) >= 11 is 0. The van der Waals surface area contributed by atoms with Gasteiger partial charge in [0.05, 0.1) is 17.1 Å². The van der Waals surface area contributed by atoms with Crippen LogP contribution < -0.4 is 15.4 Å². The molecule has 7 heteroatoms. The van der Waals surface area contributed by atoms with Gasteiger partial charge in [0, 0.05) is 5.69 Å². The zero-order valence-electron chi connectivity index (χ0n) is 15.9. The molecule has 0 atom stereocenters. The third kappa shape index (κ3) is 4.43. The molecule has 3 rings (SSSR count). The van der Waals surface area contributed by atoms with E-state index < -0.39 is 11.8 Å². The van der Waals surface area contributed by atoms with Crippen molar-refractivity contribution < 1.29 is 13.9 Å². The van der Waals surface area contributed by atoms with Crippen LogP contribution in [-0.4, -0.2) is 16.0 Å². The number of aromatic nitrogens is 2. The fourth-order valence-corrected chi connectivity index (χ4v) is 2.76. The maximum Gasteiger partial charge on any atom is 0.323 e. The second-order valence-electron chi connectivity index (χ2n) is 6.17. The highest BCUT2D eigenvalue weighted by molar-refractivity contribution is 6.00. The maximum absolute atomic E-state index is 13.8. The summed E-state index contributed by atoms with van der Waals surface area (Å²) in [6.07, 6.45) is 0.805. The third-order valence-electron chi connectivity index (χ3n) is 4.17. The van der Waals surface area contributed by atoms with E-state index in [9.17, 15) is 9.18 Å². The van der Waals surface area contributed by atoms with Gasteiger partial charge >= 0.3 is 12.0 Å². The van der Waals surface area contributed by atoms with Crippen molar-refractivity contribution in [3.8, 4) is 11.8 Å². The second-order valence-corrected chi connectivity index (χ2v) is 6.17. The molecule has 0 aliphatic carbocycles. The van der Waals surface area contributed by atoms with Crippen molar-refractivity contribution in [2.24, 2.45) is 0 Å². The molecular weight excluding hydrogens is 359 g/mol. The van der Waals surface area contributed by atoms with E-state index in [2.05, 4.69) is 20.6 Å². The van der Waals surface area contributed by atoms with Crippen LogP contribution >= 0.6 is 0 Å². The van der Waals surface area contributed by atoms with E-state index in [4.69, 9.17) is 4.74 Å². The number of halogens is 1. The monoisotopic (exact) mass is 380 g/mol. The third-order valence-corrected chi connectivity index (χ3v) is 4.17. The number of nitrogens with zero attached hydrogens (tertiary/aromatic N) is 2. The first kappa shape index (κ1) is 19.3. The number of benzene rings is 2. The van der Waals surface area contributed by atoms with Gasteiger partial charge in [-0.25, -0.2) is 9.18 Å².